The zero-order valence-corrected chi connectivity index (χ0v) is 11.7. The normalized spacial score (nSPS) is 17.7. The molecule has 0 amide bonds. The standard InChI is InChI=1S/C19H16NO/c21-19-17-8-4-3-6-15(17)9-10-18(19)20-12-11-14-5-1-2-7-16(14)13-20/h1-8,11-13,18H,9-10H2/q+1/t18-/m1/s1. The van der Waals surface area contributed by atoms with Crippen molar-refractivity contribution in [2.75, 3.05) is 0 Å². The van der Waals surface area contributed by atoms with Crippen LogP contribution < -0.4 is 4.57 Å². The predicted octanol–water partition coefficient (Wildman–Crippen LogP) is 3.50. The highest BCUT2D eigenvalue weighted by molar-refractivity contribution is 6.00. The molecule has 0 fully saturated rings. The smallest absolute Gasteiger partial charge is 0.230 e. The van der Waals surface area contributed by atoms with Crippen LogP contribution >= 0.6 is 0 Å². The van der Waals surface area contributed by atoms with Gasteiger partial charge >= 0.3 is 0 Å². The lowest BCUT2D eigenvalue weighted by Gasteiger charge is -2.19. The third-order valence-electron chi connectivity index (χ3n) is 4.34. The van der Waals surface area contributed by atoms with E-state index < -0.39 is 0 Å². The Morgan fingerprint density at radius 3 is 2.57 bits per heavy atom. The number of nitrogens with zero attached hydrogens (tertiary/aromatic N) is 1. The lowest BCUT2D eigenvalue weighted by Crippen LogP contribution is -2.45. The first-order valence-electron chi connectivity index (χ1n) is 7.34. The Kier molecular flexibility index (Phi) is 2.81. The highest BCUT2D eigenvalue weighted by Crippen LogP contribution is 2.25. The van der Waals surface area contributed by atoms with Crippen molar-refractivity contribution in [1.29, 1.82) is 0 Å². The molecule has 21 heavy (non-hydrogen) atoms. The molecule has 2 nitrogen and oxygen atoms in total. The van der Waals surface area contributed by atoms with Gasteiger partial charge < -0.3 is 0 Å². The number of rotatable bonds is 1. The highest BCUT2D eigenvalue weighted by Gasteiger charge is 2.33. The van der Waals surface area contributed by atoms with Crippen LogP contribution in [-0.2, 0) is 6.42 Å². The molecule has 0 saturated carbocycles. The number of hydrogen-bond acceptors (Lipinski definition) is 1. The molecule has 0 spiro atoms. The zero-order chi connectivity index (χ0) is 14.2. The third kappa shape index (κ3) is 2.04. The fourth-order valence-corrected chi connectivity index (χ4v) is 3.21. The minimum Gasteiger partial charge on any atom is -0.287 e. The molecule has 4 rings (SSSR count). The summed E-state index contributed by atoms with van der Waals surface area (Å²) >= 11 is 0. The summed E-state index contributed by atoms with van der Waals surface area (Å²) in [6.07, 6.45) is 5.95. The van der Waals surface area contributed by atoms with Crippen LogP contribution in [0.3, 0.4) is 0 Å². The fourth-order valence-electron chi connectivity index (χ4n) is 3.21. The summed E-state index contributed by atoms with van der Waals surface area (Å²) in [4.78, 5) is 12.7. The van der Waals surface area contributed by atoms with E-state index >= 15 is 0 Å². The van der Waals surface area contributed by atoms with Crippen molar-refractivity contribution < 1.29 is 9.36 Å². The molecule has 0 radical (unpaired) electrons. The van der Waals surface area contributed by atoms with Gasteiger partial charge in [0.2, 0.25) is 11.8 Å². The minimum absolute atomic E-state index is 0.0792. The van der Waals surface area contributed by atoms with Gasteiger partial charge in [-0.1, -0.05) is 42.5 Å². The Morgan fingerprint density at radius 1 is 0.905 bits per heavy atom. The Morgan fingerprint density at radius 2 is 1.67 bits per heavy atom. The van der Waals surface area contributed by atoms with Crippen molar-refractivity contribution in [2.24, 2.45) is 0 Å². The molecule has 2 aromatic carbocycles. The Labute approximate surface area is 123 Å². The summed E-state index contributed by atoms with van der Waals surface area (Å²) < 4.78 is 2.07. The van der Waals surface area contributed by atoms with E-state index in [4.69, 9.17) is 0 Å². The van der Waals surface area contributed by atoms with Gasteiger partial charge in [0.25, 0.3) is 0 Å². The lowest BCUT2D eigenvalue weighted by atomic mass is 9.87. The van der Waals surface area contributed by atoms with Gasteiger partial charge in [0, 0.05) is 23.4 Å². The Balaban J connectivity index is 1.78. The van der Waals surface area contributed by atoms with Gasteiger partial charge in [0.05, 0.1) is 0 Å². The van der Waals surface area contributed by atoms with E-state index in [1.165, 1.54) is 16.3 Å². The largest absolute Gasteiger partial charge is 0.287 e. The van der Waals surface area contributed by atoms with Gasteiger partial charge in [-0.3, -0.25) is 4.79 Å². The number of fused-ring (bicyclic) bond motifs is 2. The van der Waals surface area contributed by atoms with Crippen LogP contribution in [0, 0.1) is 0 Å². The van der Waals surface area contributed by atoms with Gasteiger partial charge in [-0.05, 0) is 23.4 Å². The van der Waals surface area contributed by atoms with E-state index in [1.807, 2.05) is 36.5 Å². The van der Waals surface area contributed by atoms with Crippen LogP contribution in [0.5, 0.6) is 0 Å². The topological polar surface area (TPSA) is 20.9 Å². The van der Waals surface area contributed by atoms with Gasteiger partial charge in [-0.25, -0.2) is 0 Å². The second-order valence-electron chi connectivity index (χ2n) is 5.60. The highest BCUT2D eigenvalue weighted by atomic mass is 16.1. The molecule has 1 atom stereocenters. The van der Waals surface area contributed by atoms with Crippen LogP contribution in [0.1, 0.15) is 28.4 Å². The number of benzene rings is 2. The van der Waals surface area contributed by atoms with Crippen LogP contribution in [0.25, 0.3) is 10.8 Å². The SMILES string of the molecule is O=C1c2ccccc2CC[C@H]1[n+]1ccc2ccccc2c1. The second kappa shape index (κ2) is 4.81. The number of Topliss-reactive ketones (excluding diaryl/α,β-unsaturated/α-hetero) is 1. The number of carbonyl (C=O) groups excluding carboxylic acids is 1. The first-order valence-corrected chi connectivity index (χ1v) is 7.34. The van der Waals surface area contributed by atoms with Crippen LogP contribution in [0.4, 0.5) is 0 Å². The van der Waals surface area contributed by atoms with Gasteiger partial charge in [-0.2, -0.15) is 4.57 Å². The van der Waals surface area contributed by atoms with E-state index in [9.17, 15) is 4.79 Å². The van der Waals surface area contributed by atoms with Gasteiger partial charge in [0.15, 0.2) is 12.4 Å². The maximum absolute atomic E-state index is 12.7. The van der Waals surface area contributed by atoms with Crippen LogP contribution in [0.2, 0.25) is 0 Å². The molecule has 1 aromatic heterocycles. The summed E-state index contributed by atoms with van der Waals surface area (Å²) in [6, 6.07) is 18.2. The van der Waals surface area contributed by atoms with Crippen molar-refractivity contribution in [1.82, 2.24) is 0 Å². The van der Waals surface area contributed by atoms with E-state index in [0.29, 0.717) is 0 Å². The number of aromatic nitrogens is 1. The van der Waals surface area contributed by atoms with Crippen molar-refractivity contribution >= 4 is 16.6 Å². The zero-order valence-electron chi connectivity index (χ0n) is 11.7. The van der Waals surface area contributed by atoms with Crippen molar-refractivity contribution in [3.63, 3.8) is 0 Å². The fraction of sp³-hybridized carbons (Fsp3) is 0.158. The molecule has 0 saturated heterocycles. The summed E-state index contributed by atoms with van der Waals surface area (Å²) in [5.74, 6) is 0.233. The second-order valence-corrected chi connectivity index (χ2v) is 5.60. The number of hydrogen-bond donors (Lipinski definition) is 0. The molecular weight excluding hydrogens is 258 g/mol. The molecule has 1 heterocycles. The molecule has 2 heteroatoms. The molecule has 102 valence electrons. The summed E-state index contributed by atoms with van der Waals surface area (Å²) in [5.41, 5.74) is 2.06. The molecule has 1 aliphatic carbocycles. The minimum atomic E-state index is -0.0792. The van der Waals surface area contributed by atoms with Crippen LogP contribution in [0.15, 0.2) is 67.0 Å². The van der Waals surface area contributed by atoms with Gasteiger partial charge in [0.1, 0.15) is 0 Å². The monoisotopic (exact) mass is 274 g/mol. The average molecular weight is 274 g/mol. The number of aryl methyl sites for hydroxylation is 1. The molecule has 0 aliphatic heterocycles. The molecule has 1 aliphatic rings. The molecule has 0 unspecified atom stereocenters. The molecule has 0 N–H and O–H groups in total. The van der Waals surface area contributed by atoms with Crippen molar-refractivity contribution in [3.8, 4) is 0 Å². The molecular formula is C19H16NO+. The summed E-state index contributed by atoms with van der Waals surface area (Å²) in [5, 5.41) is 2.38. The van der Waals surface area contributed by atoms with Gasteiger partial charge in [-0.15, -0.1) is 0 Å². The quantitative estimate of drug-likeness (QED) is 0.622. The summed E-state index contributed by atoms with van der Waals surface area (Å²) in [7, 11) is 0. The first kappa shape index (κ1) is 12.3. The van der Waals surface area contributed by atoms with E-state index in [2.05, 4.69) is 35.0 Å². The first-order chi connectivity index (χ1) is 10.3. The van der Waals surface area contributed by atoms with Crippen molar-refractivity contribution in [2.45, 2.75) is 18.9 Å². The predicted molar refractivity (Wildman–Crippen MR) is 82.3 cm³/mol. The van der Waals surface area contributed by atoms with Crippen molar-refractivity contribution in [3.05, 3.63) is 78.1 Å². The average Bonchev–Trinajstić information content (AvgIpc) is 2.55. The maximum atomic E-state index is 12.7. The van der Waals surface area contributed by atoms with E-state index in [-0.39, 0.29) is 11.8 Å². The third-order valence-corrected chi connectivity index (χ3v) is 4.34. The maximum Gasteiger partial charge on any atom is 0.230 e. The Bertz CT molecular complexity index is 838. The number of pyridine rings is 1. The molecule has 0 bridgehead atoms. The lowest BCUT2D eigenvalue weighted by molar-refractivity contribution is -0.707. The Hall–Kier alpha value is -2.48. The molecule has 3 aromatic rings. The number of ketones is 1. The van der Waals surface area contributed by atoms with Crippen LogP contribution in [-0.4, -0.2) is 5.78 Å². The van der Waals surface area contributed by atoms with E-state index in [0.717, 1.165) is 18.4 Å². The number of carbonyl (C=O) groups is 1. The summed E-state index contributed by atoms with van der Waals surface area (Å²) in [6.45, 7) is 0. The van der Waals surface area contributed by atoms with E-state index in [1.54, 1.807) is 0 Å².